The SMILES string of the molecule is Cc1cc(Cn2cccc(C(N)=S)c2=O)n(C)n1. The molecule has 18 heavy (non-hydrogen) atoms. The summed E-state index contributed by atoms with van der Waals surface area (Å²) < 4.78 is 3.33. The normalized spacial score (nSPS) is 10.6. The fourth-order valence-electron chi connectivity index (χ4n) is 1.84. The largest absolute Gasteiger partial charge is 0.389 e. The highest BCUT2D eigenvalue weighted by Gasteiger charge is 2.08. The second kappa shape index (κ2) is 4.73. The zero-order valence-corrected chi connectivity index (χ0v) is 11.1. The van der Waals surface area contributed by atoms with Crippen LogP contribution in [0.15, 0.2) is 29.2 Å². The van der Waals surface area contributed by atoms with Gasteiger partial charge >= 0.3 is 0 Å². The Kier molecular flexibility index (Phi) is 3.29. The van der Waals surface area contributed by atoms with Gasteiger partial charge in [0.15, 0.2) is 0 Å². The van der Waals surface area contributed by atoms with E-state index in [0.29, 0.717) is 12.1 Å². The van der Waals surface area contributed by atoms with E-state index in [1.54, 1.807) is 27.6 Å². The lowest BCUT2D eigenvalue weighted by Gasteiger charge is -2.07. The summed E-state index contributed by atoms with van der Waals surface area (Å²) in [6.45, 7) is 2.37. The molecule has 0 aromatic carbocycles. The molecule has 2 aromatic heterocycles. The van der Waals surface area contributed by atoms with E-state index in [-0.39, 0.29) is 10.5 Å². The number of aryl methyl sites for hydroxylation is 2. The van der Waals surface area contributed by atoms with Crippen molar-refractivity contribution in [2.45, 2.75) is 13.5 Å². The number of aromatic nitrogens is 3. The van der Waals surface area contributed by atoms with E-state index >= 15 is 0 Å². The molecule has 0 aliphatic rings. The van der Waals surface area contributed by atoms with E-state index in [0.717, 1.165) is 11.4 Å². The highest BCUT2D eigenvalue weighted by atomic mass is 32.1. The van der Waals surface area contributed by atoms with Gasteiger partial charge in [-0.2, -0.15) is 5.10 Å². The topological polar surface area (TPSA) is 65.8 Å². The van der Waals surface area contributed by atoms with Gasteiger partial charge in [0, 0.05) is 13.2 Å². The zero-order chi connectivity index (χ0) is 13.3. The first-order valence-corrected chi connectivity index (χ1v) is 5.88. The van der Waals surface area contributed by atoms with Crippen molar-refractivity contribution in [3.63, 3.8) is 0 Å². The molecule has 2 N–H and O–H groups in total. The van der Waals surface area contributed by atoms with E-state index in [9.17, 15) is 4.79 Å². The van der Waals surface area contributed by atoms with Gasteiger partial charge < -0.3 is 10.3 Å². The van der Waals surface area contributed by atoms with Crippen LogP contribution in [0.2, 0.25) is 0 Å². The summed E-state index contributed by atoms with van der Waals surface area (Å²) in [6, 6.07) is 5.34. The maximum absolute atomic E-state index is 12.1. The van der Waals surface area contributed by atoms with E-state index in [1.807, 2.05) is 20.0 Å². The van der Waals surface area contributed by atoms with E-state index in [2.05, 4.69) is 5.10 Å². The Bertz CT molecular complexity index is 656. The van der Waals surface area contributed by atoms with Gasteiger partial charge in [0.05, 0.1) is 23.5 Å². The summed E-state index contributed by atoms with van der Waals surface area (Å²) in [5.41, 5.74) is 7.58. The van der Waals surface area contributed by atoms with Crippen molar-refractivity contribution < 1.29 is 0 Å². The van der Waals surface area contributed by atoms with Crippen molar-refractivity contribution in [3.05, 3.63) is 51.7 Å². The average Bonchev–Trinajstić information content (AvgIpc) is 2.60. The van der Waals surface area contributed by atoms with Crippen LogP contribution in [0.1, 0.15) is 17.0 Å². The third-order valence-electron chi connectivity index (χ3n) is 2.72. The molecule has 0 aliphatic carbocycles. The van der Waals surface area contributed by atoms with Gasteiger partial charge in [-0.25, -0.2) is 0 Å². The Morgan fingerprint density at radius 1 is 1.56 bits per heavy atom. The minimum atomic E-state index is -0.177. The molecule has 2 heterocycles. The third-order valence-corrected chi connectivity index (χ3v) is 2.94. The number of rotatable bonds is 3. The predicted molar refractivity (Wildman–Crippen MR) is 73.6 cm³/mol. The quantitative estimate of drug-likeness (QED) is 0.821. The van der Waals surface area contributed by atoms with Crippen LogP contribution in [0.5, 0.6) is 0 Å². The summed E-state index contributed by atoms with van der Waals surface area (Å²) in [5.74, 6) is 0. The van der Waals surface area contributed by atoms with Crippen LogP contribution in [-0.4, -0.2) is 19.3 Å². The minimum Gasteiger partial charge on any atom is -0.389 e. The van der Waals surface area contributed by atoms with Crippen LogP contribution in [-0.2, 0) is 13.6 Å². The molecule has 0 saturated carbocycles. The molecule has 0 bridgehead atoms. The lowest BCUT2D eigenvalue weighted by Crippen LogP contribution is -2.29. The summed E-state index contributed by atoms with van der Waals surface area (Å²) in [5, 5.41) is 4.25. The van der Waals surface area contributed by atoms with Gasteiger partial charge in [-0.1, -0.05) is 12.2 Å². The smallest absolute Gasteiger partial charge is 0.261 e. The lowest BCUT2D eigenvalue weighted by atomic mass is 10.2. The monoisotopic (exact) mass is 262 g/mol. The molecule has 0 aliphatic heterocycles. The first-order chi connectivity index (χ1) is 8.49. The standard InChI is InChI=1S/C12H14N4OS/c1-8-6-9(15(2)14-8)7-16-5-3-4-10(11(13)18)12(16)17/h3-6H,7H2,1-2H3,(H2,13,18). The maximum atomic E-state index is 12.1. The Hall–Kier alpha value is -1.95. The van der Waals surface area contributed by atoms with Gasteiger partial charge in [0.25, 0.3) is 5.56 Å². The van der Waals surface area contributed by atoms with E-state index in [1.165, 1.54) is 0 Å². The molecule has 2 aromatic rings. The van der Waals surface area contributed by atoms with Crippen molar-refractivity contribution >= 4 is 17.2 Å². The van der Waals surface area contributed by atoms with Crippen LogP contribution < -0.4 is 11.3 Å². The Morgan fingerprint density at radius 3 is 2.83 bits per heavy atom. The number of thiocarbonyl (C=S) groups is 1. The summed E-state index contributed by atoms with van der Waals surface area (Å²) in [4.78, 5) is 12.2. The fraction of sp³-hybridized carbons (Fsp3) is 0.250. The first-order valence-electron chi connectivity index (χ1n) is 5.48. The van der Waals surface area contributed by atoms with Crippen molar-refractivity contribution in [3.8, 4) is 0 Å². The molecule has 0 radical (unpaired) electrons. The van der Waals surface area contributed by atoms with Crippen LogP contribution in [0.3, 0.4) is 0 Å². The number of pyridine rings is 1. The Labute approximate surface area is 110 Å². The van der Waals surface area contributed by atoms with Crippen LogP contribution in [0, 0.1) is 6.92 Å². The van der Waals surface area contributed by atoms with Crippen LogP contribution in [0.4, 0.5) is 0 Å². The molecule has 94 valence electrons. The lowest BCUT2D eigenvalue weighted by molar-refractivity contribution is 0.651. The molecule has 5 nitrogen and oxygen atoms in total. The van der Waals surface area contributed by atoms with Gasteiger partial charge in [-0.05, 0) is 25.1 Å². The van der Waals surface area contributed by atoms with Gasteiger partial charge in [-0.15, -0.1) is 0 Å². The van der Waals surface area contributed by atoms with Crippen LogP contribution >= 0.6 is 12.2 Å². The molecule has 0 spiro atoms. The maximum Gasteiger partial charge on any atom is 0.261 e. The molecule has 6 heteroatoms. The van der Waals surface area contributed by atoms with Crippen molar-refractivity contribution in [2.24, 2.45) is 12.8 Å². The zero-order valence-electron chi connectivity index (χ0n) is 10.3. The summed E-state index contributed by atoms with van der Waals surface area (Å²) >= 11 is 4.85. The third kappa shape index (κ3) is 2.33. The number of hydrogen-bond acceptors (Lipinski definition) is 3. The molecule has 0 amide bonds. The second-order valence-electron chi connectivity index (χ2n) is 4.12. The highest BCUT2D eigenvalue weighted by molar-refractivity contribution is 7.80. The predicted octanol–water partition coefficient (Wildman–Crippen LogP) is 0.573. The molecule has 0 atom stereocenters. The summed E-state index contributed by atoms with van der Waals surface area (Å²) in [7, 11) is 1.85. The molecular formula is C12H14N4OS. The number of nitrogens with zero attached hydrogens (tertiary/aromatic N) is 3. The average molecular weight is 262 g/mol. The van der Waals surface area contributed by atoms with Crippen molar-refractivity contribution in [1.29, 1.82) is 0 Å². The molecular weight excluding hydrogens is 248 g/mol. The van der Waals surface area contributed by atoms with Crippen molar-refractivity contribution in [1.82, 2.24) is 14.3 Å². The first kappa shape index (κ1) is 12.5. The summed E-state index contributed by atoms with van der Waals surface area (Å²) in [6.07, 6.45) is 1.71. The Morgan fingerprint density at radius 2 is 2.28 bits per heavy atom. The molecule has 0 saturated heterocycles. The number of nitrogens with two attached hydrogens (primary N) is 1. The molecule has 0 fully saturated rings. The second-order valence-corrected chi connectivity index (χ2v) is 4.56. The van der Waals surface area contributed by atoms with Crippen LogP contribution in [0.25, 0.3) is 0 Å². The van der Waals surface area contributed by atoms with Gasteiger partial charge in [-0.3, -0.25) is 9.48 Å². The van der Waals surface area contributed by atoms with Crippen molar-refractivity contribution in [2.75, 3.05) is 0 Å². The molecule has 0 unspecified atom stereocenters. The number of hydrogen-bond donors (Lipinski definition) is 1. The van der Waals surface area contributed by atoms with Gasteiger partial charge in [0.1, 0.15) is 4.99 Å². The van der Waals surface area contributed by atoms with Gasteiger partial charge in [0.2, 0.25) is 0 Å². The molecule has 2 rings (SSSR count). The Balaban J connectivity index is 2.41. The van der Waals surface area contributed by atoms with E-state index in [4.69, 9.17) is 18.0 Å². The minimum absolute atomic E-state index is 0.121. The highest BCUT2D eigenvalue weighted by Crippen LogP contribution is 2.03. The fourth-order valence-corrected chi connectivity index (χ4v) is 1.99. The van der Waals surface area contributed by atoms with E-state index < -0.39 is 0 Å².